The minimum Gasteiger partial charge on any atom is -0.456 e. The van der Waals surface area contributed by atoms with Crippen molar-refractivity contribution < 1.29 is 4.42 Å². The van der Waals surface area contributed by atoms with Crippen LogP contribution in [-0.2, 0) is 0 Å². The van der Waals surface area contributed by atoms with E-state index in [-0.39, 0.29) is 0 Å². The van der Waals surface area contributed by atoms with Gasteiger partial charge in [0.2, 0.25) is 0 Å². The van der Waals surface area contributed by atoms with Crippen molar-refractivity contribution in [2.24, 2.45) is 0 Å². The van der Waals surface area contributed by atoms with Crippen molar-refractivity contribution in [1.29, 1.82) is 0 Å². The van der Waals surface area contributed by atoms with E-state index in [4.69, 9.17) is 4.42 Å². The Hall–Kier alpha value is -9.36. The van der Waals surface area contributed by atoms with E-state index in [0.29, 0.717) is 0 Å². The summed E-state index contributed by atoms with van der Waals surface area (Å²) in [6.07, 6.45) is 8.22. The molecule has 0 fully saturated rings. The number of allylic oxidation sites excluding steroid dienone is 4. The molecule has 348 valence electrons. The summed E-state index contributed by atoms with van der Waals surface area (Å²) in [4.78, 5) is 6.94. The minimum absolute atomic E-state index is 0.832. The smallest absolute Gasteiger partial charge is 0.137 e. The van der Waals surface area contributed by atoms with E-state index in [9.17, 15) is 0 Å². The number of hydrogen-bond donors (Lipinski definition) is 0. The summed E-state index contributed by atoms with van der Waals surface area (Å²) >= 11 is 1.82. The molecule has 0 spiro atoms. The fourth-order valence-electron chi connectivity index (χ4n) is 10.5. The number of anilines is 8. The molecule has 0 aliphatic rings. The second-order valence-corrected chi connectivity index (χ2v) is 19.2. The monoisotopic (exact) mass is 956 g/mol. The highest BCUT2D eigenvalue weighted by atomic mass is 32.1. The fourth-order valence-corrected chi connectivity index (χ4v) is 11.6. The molecule has 0 unspecified atom stereocenters. The third kappa shape index (κ3) is 7.73. The van der Waals surface area contributed by atoms with E-state index in [0.717, 1.165) is 84.3 Å². The van der Waals surface area contributed by atoms with Gasteiger partial charge >= 0.3 is 0 Å². The maximum absolute atomic E-state index is 6.68. The van der Waals surface area contributed by atoms with Gasteiger partial charge in [0.25, 0.3) is 0 Å². The lowest BCUT2D eigenvalue weighted by Crippen LogP contribution is -2.15. The van der Waals surface area contributed by atoms with E-state index in [1.54, 1.807) is 0 Å². The molecule has 13 rings (SSSR count). The van der Waals surface area contributed by atoms with Crippen LogP contribution in [0.2, 0.25) is 0 Å². The van der Waals surface area contributed by atoms with Crippen LogP contribution >= 0.6 is 11.3 Å². The van der Waals surface area contributed by atoms with E-state index >= 15 is 0 Å². The van der Waals surface area contributed by atoms with Gasteiger partial charge in [-0.15, -0.1) is 11.3 Å². The topological polar surface area (TPSA) is 27.8 Å². The van der Waals surface area contributed by atoms with Crippen molar-refractivity contribution in [3.63, 3.8) is 0 Å². The highest BCUT2D eigenvalue weighted by Crippen LogP contribution is 2.46. The SMILES string of the molecule is C=C/C(=C\C=C/C)N(c1ccc2c(c1)sc1ccc(N(c3ccccc3)c3ccc4c(c3)oc3ccc(N(c5ccccc5)c5ccccc5)cc34)cc12)c1ccc2c3ccccc3n(-c3ccccc3)c2c1. The number of fused-ring (bicyclic) bond motifs is 9. The van der Waals surface area contributed by atoms with Crippen molar-refractivity contribution in [3.8, 4) is 5.69 Å². The molecule has 73 heavy (non-hydrogen) atoms. The predicted molar refractivity (Wildman–Crippen MR) is 312 cm³/mol. The highest BCUT2D eigenvalue weighted by Gasteiger charge is 2.22. The van der Waals surface area contributed by atoms with Crippen LogP contribution in [0.3, 0.4) is 0 Å². The Bertz CT molecular complexity index is 4210. The maximum Gasteiger partial charge on any atom is 0.137 e. The molecule has 5 nitrogen and oxygen atoms in total. The van der Waals surface area contributed by atoms with Gasteiger partial charge in [0, 0.05) is 105 Å². The molecule has 0 radical (unpaired) electrons. The molecule has 0 saturated carbocycles. The first-order valence-electron chi connectivity index (χ1n) is 24.6. The Morgan fingerprint density at radius 1 is 0.425 bits per heavy atom. The van der Waals surface area contributed by atoms with Crippen molar-refractivity contribution in [3.05, 3.63) is 273 Å². The molecule has 0 aliphatic heterocycles. The zero-order valence-electron chi connectivity index (χ0n) is 40.1. The van der Waals surface area contributed by atoms with Gasteiger partial charge in [-0.3, -0.25) is 0 Å². The molecule has 6 heteroatoms. The Morgan fingerprint density at radius 2 is 0.959 bits per heavy atom. The normalized spacial score (nSPS) is 12.0. The quantitative estimate of drug-likeness (QED) is 0.114. The average Bonchev–Trinajstić information content (AvgIpc) is 4.11. The summed E-state index contributed by atoms with van der Waals surface area (Å²) in [6.45, 7) is 6.36. The van der Waals surface area contributed by atoms with Gasteiger partial charge in [-0.05, 0) is 146 Å². The van der Waals surface area contributed by atoms with Crippen molar-refractivity contribution >= 4 is 121 Å². The number of nitrogens with zero attached hydrogens (tertiary/aromatic N) is 4. The Labute approximate surface area is 427 Å². The number of furan rings is 1. The van der Waals surface area contributed by atoms with Crippen LogP contribution in [0.5, 0.6) is 0 Å². The van der Waals surface area contributed by atoms with Gasteiger partial charge in [-0.1, -0.05) is 122 Å². The lowest BCUT2D eigenvalue weighted by Gasteiger charge is -2.26. The van der Waals surface area contributed by atoms with E-state index in [1.807, 2.05) is 24.3 Å². The number of para-hydroxylation sites is 5. The molecule has 13 aromatic rings. The van der Waals surface area contributed by atoms with Crippen LogP contribution in [0.4, 0.5) is 45.5 Å². The third-order valence-corrected chi connectivity index (χ3v) is 14.9. The van der Waals surface area contributed by atoms with Crippen LogP contribution in [-0.4, -0.2) is 4.57 Å². The molecular formula is C67H48N4OS. The summed E-state index contributed by atoms with van der Waals surface area (Å²) in [5.74, 6) is 0. The van der Waals surface area contributed by atoms with Crippen molar-refractivity contribution in [2.75, 3.05) is 14.7 Å². The van der Waals surface area contributed by atoms with Crippen LogP contribution in [0, 0.1) is 0 Å². The number of thiophene rings is 1. The fraction of sp³-hybridized carbons (Fsp3) is 0.0149. The lowest BCUT2D eigenvalue weighted by atomic mass is 10.1. The highest BCUT2D eigenvalue weighted by molar-refractivity contribution is 7.25. The van der Waals surface area contributed by atoms with E-state index in [1.165, 1.54) is 36.5 Å². The van der Waals surface area contributed by atoms with Gasteiger partial charge in [0.05, 0.1) is 11.0 Å². The summed E-state index contributed by atoms with van der Waals surface area (Å²) in [6, 6.07) is 84.6. The van der Waals surface area contributed by atoms with Crippen molar-refractivity contribution in [2.45, 2.75) is 6.92 Å². The Kier molecular flexibility index (Phi) is 11.0. The Morgan fingerprint density at radius 3 is 1.64 bits per heavy atom. The zero-order chi connectivity index (χ0) is 48.8. The van der Waals surface area contributed by atoms with Gasteiger partial charge in [0.1, 0.15) is 11.2 Å². The zero-order valence-corrected chi connectivity index (χ0v) is 41.0. The lowest BCUT2D eigenvalue weighted by molar-refractivity contribution is 0.669. The minimum atomic E-state index is 0.832. The first kappa shape index (κ1) is 43.6. The average molecular weight is 957 g/mol. The van der Waals surface area contributed by atoms with Crippen LogP contribution in [0.15, 0.2) is 278 Å². The number of benzene rings is 10. The molecule has 0 amide bonds. The summed E-state index contributed by atoms with van der Waals surface area (Å²) in [5, 5.41) is 6.99. The summed E-state index contributed by atoms with van der Waals surface area (Å²) in [7, 11) is 0. The molecule has 0 saturated heterocycles. The largest absolute Gasteiger partial charge is 0.456 e. The number of aromatic nitrogens is 1. The number of hydrogen-bond acceptors (Lipinski definition) is 5. The predicted octanol–water partition coefficient (Wildman–Crippen LogP) is 19.8. The number of rotatable bonds is 12. The van der Waals surface area contributed by atoms with Gasteiger partial charge in [-0.25, -0.2) is 0 Å². The van der Waals surface area contributed by atoms with Gasteiger partial charge in [-0.2, -0.15) is 0 Å². The standard InChI is InChI=1S/C67H48N4OS/c1-3-5-20-46(4-2)68(53-31-36-57-56-29-18-19-30-62(56)71(63(57)43-53)50-27-16-9-17-28-50)55-33-38-59-61-42-52(35-40-66(61)73-67(59)45-55)70(49-25-14-8-15-26-49)54-32-37-58-60-41-51(34-39-64(60)72-65(58)44-54)69(47-21-10-6-11-22-47)48-23-12-7-13-24-48/h3-45H,2H2,1H3/b5-3-,46-20+. The second kappa shape index (κ2) is 18.4. The van der Waals surface area contributed by atoms with Gasteiger partial charge < -0.3 is 23.7 Å². The van der Waals surface area contributed by atoms with Gasteiger partial charge in [0.15, 0.2) is 0 Å². The molecule has 0 bridgehead atoms. The first-order chi connectivity index (χ1) is 36.1. The summed E-state index contributed by atoms with van der Waals surface area (Å²) in [5.41, 5.74) is 14.6. The van der Waals surface area contributed by atoms with E-state index < -0.39 is 0 Å². The Balaban J connectivity index is 0.903. The maximum atomic E-state index is 6.68. The second-order valence-electron chi connectivity index (χ2n) is 18.1. The van der Waals surface area contributed by atoms with Crippen molar-refractivity contribution in [1.82, 2.24) is 4.57 Å². The first-order valence-corrected chi connectivity index (χ1v) is 25.5. The molecule has 0 N–H and O–H groups in total. The third-order valence-electron chi connectivity index (χ3n) is 13.8. The van der Waals surface area contributed by atoms with Crippen LogP contribution in [0.1, 0.15) is 6.92 Å². The van der Waals surface area contributed by atoms with Crippen LogP contribution in [0.25, 0.3) is 69.6 Å². The van der Waals surface area contributed by atoms with Crippen LogP contribution < -0.4 is 14.7 Å². The molecule has 3 aromatic heterocycles. The summed E-state index contributed by atoms with van der Waals surface area (Å²) < 4.78 is 11.5. The molecule has 3 heterocycles. The molecule has 0 atom stereocenters. The van der Waals surface area contributed by atoms with E-state index in [2.05, 4.69) is 281 Å². The molecule has 10 aromatic carbocycles. The molecule has 0 aliphatic carbocycles. The molecular weight excluding hydrogens is 909 g/mol.